The van der Waals surface area contributed by atoms with Crippen molar-refractivity contribution in [1.82, 2.24) is 0 Å². The van der Waals surface area contributed by atoms with E-state index in [0.29, 0.717) is 5.92 Å². The quantitative estimate of drug-likeness (QED) is 0.164. The molecule has 0 amide bonds. The molecule has 0 bridgehead atoms. The lowest BCUT2D eigenvalue weighted by Crippen LogP contribution is -2.40. The number of unbranched alkanes of at least 4 members (excludes halogenated alkanes) is 13. The first-order valence-corrected chi connectivity index (χ1v) is 13.9. The van der Waals surface area contributed by atoms with Crippen molar-refractivity contribution >= 4 is 9.76 Å². The summed E-state index contributed by atoms with van der Waals surface area (Å²) in [6.07, 6.45) is 24.0. The molecule has 0 aromatic carbocycles. The van der Waals surface area contributed by atoms with E-state index in [0.717, 1.165) is 0 Å². The van der Waals surface area contributed by atoms with Crippen LogP contribution in [0, 0.1) is 5.92 Å². The summed E-state index contributed by atoms with van der Waals surface area (Å²) in [6, 6.07) is 1.31. The number of rotatable bonds is 21. The van der Waals surface area contributed by atoms with Crippen LogP contribution >= 0.6 is 0 Å². The molecule has 0 aliphatic heterocycles. The Hall–Kier alpha value is 0.137. The SMILES string of the molecule is CCCCCCCCCCCCCCCCC(CCC[SiH2]OC)C(C)(C)N. The lowest BCUT2D eigenvalue weighted by Gasteiger charge is -2.31. The lowest BCUT2D eigenvalue weighted by atomic mass is 9.81. The fourth-order valence-electron chi connectivity index (χ4n) is 4.11. The van der Waals surface area contributed by atoms with Crippen LogP contribution in [0.1, 0.15) is 130 Å². The van der Waals surface area contributed by atoms with Gasteiger partial charge in [-0.05, 0) is 38.7 Å². The molecular weight excluding hydrogens is 346 g/mol. The molecule has 0 spiro atoms. The molecule has 1 unspecified atom stereocenters. The fraction of sp³-hybridized carbons (Fsp3) is 1.00. The summed E-state index contributed by atoms with van der Waals surface area (Å²) >= 11 is 0. The van der Waals surface area contributed by atoms with Crippen LogP contribution in [0.4, 0.5) is 0 Å². The minimum absolute atomic E-state index is 0.0227. The molecular formula is C24H53NOSi. The van der Waals surface area contributed by atoms with Crippen LogP contribution in [-0.4, -0.2) is 22.4 Å². The lowest BCUT2D eigenvalue weighted by molar-refractivity contribution is 0.272. The first-order valence-electron chi connectivity index (χ1n) is 12.3. The van der Waals surface area contributed by atoms with E-state index in [2.05, 4.69) is 20.8 Å². The van der Waals surface area contributed by atoms with Gasteiger partial charge in [-0.2, -0.15) is 0 Å². The Balaban J connectivity index is 3.46. The third kappa shape index (κ3) is 19.2. The Labute approximate surface area is 174 Å². The molecule has 164 valence electrons. The highest BCUT2D eigenvalue weighted by Crippen LogP contribution is 2.26. The Morgan fingerprint density at radius 1 is 0.704 bits per heavy atom. The zero-order valence-corrected chi connectivity index (χ0v) is 20.9. The van der Waals surface area contributed by atoms with Crippen molar-refractivity contribution in [2.75, 3.05) is 7.11 Å². The van der Waals surface area contributed by atoms with E-state index in [1.54, 1.807) is 0 Å². The molecule has 0 saturated carbocycles. The summed E-state index contributed by atoms with van der Waals surface area (Å²) in [4.78, 5) is 0. The monoisotopic (exact) mass is 399 g/mol. The minimum Gasteiger partial charge on any atom is -0.427 e. The van der Waals surface area contributed by atoms with Gasteiger partial charge < -0.3 is 10.2 Å². The van der Waals surface area contributed by atoms with Crippen molar-refractivity contribution in [3.8, 4) is 0 Å². The van der Waals surface area contributed by atoms with E-state index >= 15 is 0 Å². The molecule has 2 nitrogen and oxygen atoms in total. The molecule has 3 heteroatoms. The van der Waals surface area contributed by atoms with Crippen LogP contribution in [0.3, 0.4) is 0 Å². The second-order valence-electron chi connectivity index (χ2n) is 9.39. The Bertz CT molecular complexity index is 291. The summed E-state index contributed by atoms with van der Waals surface area (Å²) in [5.41, 5.74) is 6.41. The van der Waals surface area contributed by atoms with Gasteiger partial charge in [0, 0.05) is 12.6 Å². The molecule has 0 radical (unpaired) electrons. The predicted molar refractivity (Wildman–Crippen MR) is 126 cm³/mol. The Kier molecular flexibility index (Phi) is 19.6. The van der Waals surface area contributed by atoms with Gasteiger partial charge in [-0.3, -0.25) is 0 Å². The van der Waals surface area contributed by atoms with Gasteiger partial charge in [-0.1, -0.05) is 103 Å². The van der Waals surface area contributed by atoms with Crippen molar-refractivity contribution in [3.05, 3.63) is 0 Å². The molecule has 0 heterocycles. The van der Waals surface area contributed by atoms with E-state index in [4.69, 9.17) is 10.2 Å². The fourth-order valence-corrected chi connectivity index (χ4v) is 4.89. The number of hydrogen-bond acceptors (Lipinski definition) is 2. The summed E-state index contributed by atoms with van der Waals surface area (Å²) in [5.74, 6) is 0.681. The molecule has 27 heavy (non-hydrogen) atoms. The number of hydrogen-bond donors (Lipinski definition) is 1. The largest absolute Gasteiger partial charge is 0.427 e. The summed E-state index contributed by atoms with van der Waals surface area (Å²) in [5, 5.41) is 0. The van der Waals surface area contributed by atoms with Gasteiger partial charge in [0.15, 0.2) is 9.76 Å². The molecule has 0 saturated heterocycles. The standard InChI is InChI=1S/C24H53NOSi/c1-5-6-7-8-9-10-11-12-13-14-15-16-17-18-20-23(24(2,3)25)21-19-22-27-26-4/h23H,5-22,25,27H2,1-4H3. The molecule has 0 fully saturated rings. The maximum atomic E-state index is 6.43. The summed E-state index contributed by atoms with van der Waals surface area (Å²) in [6.45, 7) is 6.73. The smallest absolute Gasteiger partial charge is 0.161 e. The molecule has 0 rings (SSSR count). The van der Waals surface area contributed by atoms with Crippen LogP contribution in [0.15, 0.2) is 0 Å². The molecule has 0 aromatic rings. The van der Waals surface area contributed by atoms with E-state index in [-0.39, 0.29) is 15.3 Å². The van der Waals surface area contributed by atoms with E-state index in [1.807, 2.05) is 7.11 Å². The topological polar surface area (TPSA) is 35.2 Å². The third-order valence-corrected chi connectivity index (χ3v) is 7.31. The van der Waals surface area contributed by atoms with E-state index in [9.17, 15) is 0 Å². The Morgan fingerprint density at radius 3 is 1.52 bits per heavy atom. The van der Waals surface area contributed by atoms with Crippen molar-refractivity contribution in [2.45, 2.75) is 142 Å². The maximum absolute atomic E-state index is 6.43. The summed E-state index contributed by atoms with van der Waals surface area (Å²) < 4.78 is 5.30. The average Bonchev–Trinajstić information content (AvgIpc) is 2.62. The highest BCUT2D eigenvalue weighted by molar-refractivity contribution is 6.26. The van der Waals surface area contributed by atoms with Crippen LogP contribution in [-0.2, 0) is 4.43 Å². The number of nitrogens with two attached hydrogens (primary N) is 1. The average molecular weight is 400 g/mol. The van der Waals surface area contributed by atoms with Gasteiger partial charge in [0.05, 0.1) is 0 Å². The molecule has 2 N–H and O–H groups in total. The minimum atomic E-state index is -0.253. The first kappa shape index (κ1) is 27.1. The van der Waals surface area contributed by atoms with E-state index < -0.39 is 0 Å². The second-order valence-corrected chi connectivity index (χ2v) is 11.1. The normalized spacial score (nSPS) is 13.7. The summed E-state index contributed by atoms with van der Waals surface area (Å²) in [7, 11) is 1.60. The zero-order chi connectivity index (χ0) is 20.2. The van der Waals surface area contributed by atoms with Gasteiger partial charge in [-0.25, -0.2) is 0 Å². The highest BCUT2D eigenvalue weighted by atomic mass is 28.2. The maximum Gasteiger partial charge on any atom is 0.161 e. The van der Waals surface area contributed by atoms with Crippen molar-refractivity contribution in [3.63, 3.8) is 0 Å². The molecule has 1 atom stereocenters. The van der Waals surface area contributed by atoms with Crippen molar-refractivity contribution < 1.29 is 4.43 Å². The van der Waals surface area contributed by atoms with Gasteiger partial charge in [0.1, 0.15) is 0 Å². The molecule has 0 aliphatic rings. The van der Waals surface area contributed by atoms with Crippen LogP contribution in [0.25, 0.3) is 0 Å². The molecule has 0 aromatic heterocycles. The van der Waals surface area contributed by atoms with Crippen LogP contribution in [0.5, 0.6) is 0 Å². The van der Waals surface area contributed by atoms with Gasteiger partial charge >= 0.3 is 0 Å². The molecule has 0 aliphatic carbocycles. The van der Waals surface area contributed by atoms with E-state index in [1.165, 1.54) is 115 Å². The van der Waals surface area contributed by atoms with Crippen LogP contribution in [0.2, 0.25) is 6.04 Å². The van der Waals surface area contributed by atoms with Crippen molar-refractivity contribution in [2.24, 2.45) is 11.7 Å². The van der Waals surface area contributed by atoms with Gasteiger partial charge in [0.2, 0.25) is 0 Å². The van der Waals surface area contributed by atoms with Gasteiger partial charge in [0.25, 0.3) is 0 Å². The second kappa shape index (κ2) is 19.5. The first-order chi connectivity index (χ1) is 13.0. The predicted octanol–water partition coefficient (Wildman–Crippen LogP) is 7.14. The zero-order valence-electron chi connectivity index (χ0n) is 19.5. The van der Waals surface area contributed by atoms with Crippen LogP contribution < -0.4 is 5.73 Å². The Morgan fingerprint density at radius 2 is 1.11 bits per heavy atom. The highest BCUT2D eigenvalue weighted by Gasteiger charge is 2.23. The van der Waals surface area contributed by atoms with Gasteiger partial charge in [-0.15, -0.1) is 0 Å². The third-order valence-electron chi connectivity index (χ3n) is 6.11. The van der Waals surface area contributed by atoms with Crippen molar-refractivity contribution in [1.29, 1.82) is 0 Å².